The Hall–Kier alpha value is -1.29. The summed E-state index contributed by atoms with van der Waals surface area (Å²) in [6, 6.07) is 6.24. The number of rotatable bonds is 4. The first-order chi connectivity index (χ1) is 9.49. The molecule has 0 aliphatic rings. The molecule has 0 atom stereocenters. The Kier molecular flexibility index (Phi) is 5.62. The van der Waals surface area contributed by atoms with E-state index in [1.54, 1.807) is 0 Å². The first kappa shape index (κ1) is 17.8. The molecular formula is C11H6F6O2S2. The molecule has 0 amide bonds. The summed E-state index contributed by atoms with van der Waals surface area (Å²) >= 11 is -1.98. The molecule has 1 rings (SSSR count). The second kappa shape index (κ2) is 6.65. The van der Waals surface area contributed by atoms with E-state index in [1.165, 1.54) is 18.2 Å². The van der Waals surface area contributed by atoms with Crippen LogP contribution in [0.15, 0.2) is 35.2 Å². The van der Waals surface area contributed by atoms with Crippen molar-refractivity contribution in [3.8, 4) is 0 Å². The maximum Gasteiger partial charge on any atom is 0.446 e. The Bertz CT molecular complexity index is 536. The average Bonchev–Trinajstić information content (AvgIpc) is 2.32. The number of alkyl halides is 6. The lowest BCUT2D eigenvalue weighted by Gasteiger charge is -2.14. The third-order valence-corrected chi connectivity index (χ3v) is 3.69. The minimum Gasteiger partial charge on any atom is -0.477 e. The van der Waals surface area contributed by atoms with Gasteiger partial charge in [-0.25, -0.2) is 4.79 Å². The molecule has 2 nitrogen and oxygen atoms in total. The molecule has 1 aromatic carbocycles. The van der Waals surface area contributed by atoms with E-state index in [2.05, 4.69) is 0 Å². The lowest BCUT2D eigenvalue weighted by molar-refractivity contribution is -0.131. The van der Waals surface area contributed by atoms with Crippen LogP contribution in [-0.2, 0) is 4.79 Å². The highest BCUT2D eigenvalue weighted by molar-refractivity contribution is 8.12. The SMILES string of the molecule is O=C(O)/C(SC(F)(F)F)=C(/SC(F)(F)F)c1ccccc1. The summed E-state index contributed by atoms with van der Waals surface area (Å²) in [5.74, 6) is -2.08. The van der Waals surface area contributed by atoms with Gasteiger partial charge in [-0.2, -0.15) is 26.3 Å². The van der Waals surface area contributed by atoms with E-state index in [4.69, 9.17) is 5.11 Å². The first-order valence-corrected chi connectivity index (χ1v) is 6.67. The van der Waals surface area contributed by atoms with E-state index >= 15 is 0 Å². The molecule has 0 aromatic heterocycles. The van der Waals surface area contributed by atoms with Gasteiger partial charge in [0.15, 0.2) is 0 Å². The lowest BCUT2D eigenvalue weighted by Crippen LogP contribution is -2.10. The zero-order valence-electron chi connectivity index (χ0n) is 9.83. The highest BCUT2D eigenvalue weighted by atomic mass is 32.2. The normalized spacial score (nSPS) is 13.8. The van der Waals surface area contributed by atoms with Crippen molar-refractivity contribution in [2.75, 3.05) is 0 Å². The predicted octanol–water partition coefficient (Wildman–Crippen LogP) is 4.95. The lowest BCUT2D eigenvalue weighted by atomic mass is 10.2. The van der Waals surface area contributed by atoms with E-state index in [0.29, 0.717) is 0 Å². The van der Waals surface area contributed by atoms with Gasteiger partial charge in [-0.3, -0.25) is 0 Å². The number of aliphatic carboxylic acids is 1. The third-order valence-electron chi connectivity index (χ3n) is 1.87. The Balaban J connectivity index is 3.42. The van der Waals surface area contributed by atoms with Gasteiger partial charge in [-0.15, -0.1) is 0 Å². The smallest absolute Gasteiger partial charge is 0.446 e. The van der Waals surface area contributed by atoms with Crippen LogP contribution in [0.25, 0.3) is 4.91 Å². The Morgan fingerprint density at radius 3 is 1.76 bits per heavy atom. The fraction of sp³-hybridized carbons (Fsp3) is 0.182. The zero-order chi connectivity index (χ0) is 16.3. The second-order valence-electron chi connectivity index (χ2n) is 3.43. The molecule has 21 heavy (non-hydrogen) atoms. The highest BCUT2D eigenvalue weighted by Gasteiger charge is 2.39. The van der Waals surface area contributed by atoms with Crippen LogP contribution in [0.2, 0.25) is 0 Å². The van der Waals surface area contributed by atoms with Gasteiger partial charge < -0.3 is 5.11 Å². The maximum absolute atomic E-state index is 12.5. The Morgan fingerprint density at radius 1 is 0.905 bits per heavy atom. The predicted molar refractivity (Wildman–Crippen MR) is 68.3 cm³/mol. The number of benzene rings is 1. The number of carboxylic acid groups (broad SMARTS) is 1. The number of thioether (sulfide) groups is 2. The molecule has 0 bridgehead atoms. The molecule has 0 saturated carbocycles. The minimum atomic E-state index is -5.01. The summed E-state index contributed by atoms with van der Waals surface area (Å²) in [6.45, 7) is 0. The maximum atomic E-state index is 12.5. The van der Waals surface area contributed by atoms with Crippen LogP contribution < -0.4 is 0 Å². The van der Waals surface area contributed by atoms with E-state index in [-0.39, 0.29) is 5.56 Å². The molecule has 0 heterocycles. The number of hydrogen-bond donors (Lipinski definition) is 1. The second-order valence-corrected chi connectivity index (χ2v) is 5.58. The van der Waals surface area contributed by atoms with E-state index < -0.39 is 50.3 Å². The fourth-order valence-electron chi connectivity index (χ4n) is 1.24. The molecule has 1 aromatic rings. The summed E-state index contributed by atoms with van der Waals surface area (Å²) in [5.41, 5.74) is -10.2. The summed E-state index contributed by atoms with van der Waals surface area (Å²) in [7, 11) is 0. The van der Waals surface area contributed by atoms with Crippen molar-refractivity contribution >= 4 is 34.4 Å². The Morgan fingerprint density at radius 2 is 1.38 bits per heavy atom. The molecule has 116 valence electrons. The van der Waals surface area contributed by atoms with Crippen LogP contribution in [0.1, 0.15) is 5.56 Å². The van der Waals surface area contributed by atoms with Crippen molar-refractivity contribution in [1.82, 2.24) is 0 Å². The van der Waals surface area contributed by atoms with Crippen molar-refractivity contribution < 1.29 is 36.2 Å². The van der Waals surface area contributed by atoms with E-state index in [1.807, 2.05) is 0 Å². The van der Waals surface area contributed by atoms with Gasteiger partial charge in [0.25, 0.3) is 0 Å². The van der Waals surface area contributed by atoms with Crippen molar-refractivity contribution in [3.63, 3.8) is 0 Å². The molecule has 0 unspecified atom stereocenters. The molecule has 0 saturated heterocycles. The topological polar surface area (TPSA) is 37.3 Å². The van der Waals surface area contributed by atoms with Crippen molar-refractivity contribution in [3.05, 3.63) is 40.8 Å². The van der Waals surface area contributed by atoms with Crippen LogP contribution in [-0.4, -0.2) is 22.1 Å². The van der Waals surface area contributed by atoms with Gasteiger partial charge in [-0.05, 0) is 29.1 Å². The van der Waals surface area contributed by atoms with Crippen molar-refractivity contribution in [1.29, 1.82) is 0 Å². The molecular weight excluding hydrogens is 342 g/mol. The van der Waals surface area contributed by atoms with Crippen LogP contribution in [0.5, 0.6) is 0 Å². The number of hydrogen-bond acceptors (Lipinski definition) is 3. The van der Waals surface area contributed by atoms with Gasteiger partial charge >= 0.3 is 17.0 Å². The van der Waals surface area contributed by atoms with Gasteiger partial charge in [0.1, 0.15) is 4.91 Å². The zero-order valence-corrected chi connectivity index (χ0v) is 11.5. The number of carbonyl (C=O) groups is 1. The van der Waals surface area contributed by atoms with Gasteiger partial charge in [0.2, 0.25) is 0 Å². The minimum absolute atomic E-state index is 0.256. The largest absolute Gasteiger partial charge is 0.477 e. The van der Waals surface area contributed by atoms with E-state index in [9.17, 15) is 31.1 Å². The van der Waals surface area contributed by atoms with Crippen LogP contribution in [0, 0.1) is 0 Å². The van der Waals surface area contributed by atoms with Gasteiger partial charge in [0, 0.05) is 4.91 Å². The molecule has 0 radical (unpaired) electrons. The first-order valence-electron chi connectivity index (χ1n) is 5.04. The molecule has 0 aliphatic heterocycles. The standard InChI is InChI=1S/C11H6F6O2S2/c12-10(13,14)20-7(6-4-2-1-3-5-6)8(9(18)19)21-11(15,16)17/h1-5H,(H,18,19)/b8-7-. The monoisotopic (exact) mass is 348 g/mol. The third kappa shape index (κ3) is 6.34. The average molecular weight is 348 g/mol. The summed E-state index contributed by atoms with van der Waals surface area (Å²) in [4.78, 5) is 8.50. The van der Waals surface area contributed by atoms with E-state index in [0.717, 1.165) is 12.1 Å². The quantitative estimate of drug-likeness (QED) is 0.617. The molecule has 1 N–H and O–H groups in total. The molecule has 0 fully saturated rings. The summed E-state index contributed by atoms with van der Waals surface area (Å²) < 4.78 is 74.5. The van der Waals surface area contributed by atoms with Crippen molar-refractivity contribution in [2.45, 2.75) is 11.0 Å². The fourth-order valence-corrected chi connectivity index (χ4v) is 2.69. The molecule has 0 aliphatic carbocycles. The van der Waals surface area contributed by atoms with Gasteiger partial charge in [-0.1, -0.05) is 30.3 Å². The summed E-state index contributed by atoms with van der Waals surface area (Å²) in [6.07, 6.45) is 0. The number of carboxylic acids is 1. The molecule has 0 spiro atoms. The van der Waals surface area contributed by atoms with Crippen LogP contribution in [0.4, 0.5) is 26.3 Å². The number of halogens is 6. The van der Waals surface area contributed by atoms with Crippen molar-refractivity contribution in [2.24, 2.45) is 0 Å². The Labute approximate surface area is 123 Å². The summed E-state index contributed by atoms with van der Waals surface area (Å²) in [5, 5.41) is 8.81. The van der Waals surface area contributed by atoms with Crippen LogP contribution >= 0.6 is 23.5 Å². The van der Waals surface area contributed by atoms with Crippen LogP contribution in [0.3, 0.4) is 0 Å². The highest BCUT2D eigenvalue weighted by Crippen LogP contribution is 2.48. The molecule has 10 heteroatoms. The van der Waals surface area contributed by atoms with Gasteiger partial charge in [0.05, 0.1) is 0 Å².